The van der Waals surface area contributed by atoms with Crippen molar-refractivity contribution in [2.45, 2.75) is 19.8 Å². The number of amides is 4. The van der Waals surface area contributed by atoms with Crippen molar-refractivity contribution >= 4 is 41.1 Å². The van der Waals surface area contributed by atoms with Gasteiger partial charge in [0.1, 0.15) is 6.54 Å². The number of carbonyl (C=O) groups is 4. The Morgan fingerprint density at radius 1 is 1.31 bits per heavy atom. The Morgan fingerprint density at radius 2 is 2.04 bits per heavy atom. The van der Waals surface area contributed by atoms with E-state index in [1.807, 2.05) is 6.92 Å². The number of rotatable bonds is 7. The average Bonchev–Trinajstić information content (AvgIpc) is 2.82. The molecule has 1 N–H and O–H groups in total. The van der Waals surface area contributed by atoms with E-state index in [1.165, 1.54) is 11.9 Å². The molecule has 0 aromatic heterocycles. The van der Waals surface area contributed by atoms with Crippen LogP contribution in [0, 0.1) is 6.92 Å². The molecule has 2 rings (SSSR count). The summed E-state index contributed by atoms with van der Waals surface area (Å²) in [5.41, 5.74) is 1.38. The Kier molecular flexibility index (Phi) is 6.57. The number of hydrogen-bond donors (Lipinski definition) is 1. The average molecular weight is 382 g/mol. The molecule has 1 saturated heterocycles. The Morgan fingerprint density at radius 3 is 2.69 bits per heavy atom. The molecular formula is C17H20ClN3O5. The number of imide groups is 1. The van der Waals surface area contributed by atoms with Crippen LogP contribution in [0.1, 0.15) is 18.4 Å². The maximum atomic E-state index is 11.9. The number of anilines is 1. The number of aryl methyl sites for hydroxylation is 1. The highest BCUT2D eigenvalue weighted by Gasteiger charge is 2.32. The molecule has 1 aliphatic heterocycles. The van der Waals surface area contributed by atoms with E-state index in [0.717, 1.165) is 10.5 Å². The van der Waals surface area contributed by atoms with Gasteiger partial charge >= 0.3 is 12.0 Å². The third-order valence-electron chi connectivity index (χ3n) is 3.83. The molecule has 1 aromatic carbocycles. The third kappa shape index (κ3) is 5.19. The highest BCUT2D eigenvalue weighted by Crippen LogP contribution is 2.20. The van der Waals surface area contributed by atoms with E-state index < -0.39 is 18.5 Å². The smallest absolute Gasteiger partial charge is 0.326 e. The lowest BCUT2D eigenvalue weighted by Gasteiger charge is -2.13. The fourth-order valence-electron chi connectivity index (χ4n) is 2.40. The number of ether oxygens (including phenoxy) is 1. The standard InChI is InChI=1S/C17H20ClN3O5/c1-11-5-6-12(18)8-13(11)19-14(22)10-26-16(24)4-3-7-21-15(23)9-20(2)17(21)25/h5-6,8H,3-4,7,9-10H2,1-2H3,(H,19,22). The number of nitrogens with zero attached hydrogens (tertiary/aromatic N) is 2. The predicted molar refractivity (Wildman–Crippen MR) is 94.8 cm³/mol. The highest BCUT2D eigenvalue weighted by molar-refractivity contribution is 6.31. The number of halogens is 1. The Hall–Kier alpha value is -2.61. The molecule has 9 heteroatoms. The number of esters is 1. The first-order valence-corrected chi connectivity index (χ1v) is 8.43. The molecule has 4 amide bonds. The van der Waals surface area contributed by atoms with Crippen LogP contribution in [0.15, 0.2) is 18.2 Å². The normalized spacial score (nSPS) is 14.0. The largest absolute Gasteiger partial charge is 0.456 e. The van der Waals surface area contributed by atoms with Crippen LogP contribution in [0.5, 0.6) is 0 Å². The van der Waals surface area contributed by atoms with Gasteiger partial charge in [-0.2, -0.15) is 0 Å². The van der Waals surface area contributed by atoms with Crippen LogP contribution in [0.3, 0.4) is 0 Å². The molecule has 0 spiro atoms. The first-order chi connectivity index (χ1) is 12.3. The van der Waals surface area contributed by atoms with Gasteiger partial charge in [-0.25, -0.2) is 4.79 Å². The number of benzene rings is 1. The molecule has 8 nitrogen and oxygen atoms in total. The van der Waals surface area contributed by atoms with Gasteiger partial charge in [-0.05, 0) is 31.0 Å². The first-order valence-electron chi connectivity index (χ1n) is 8.05. The zero-order valence-electron chi connectivity index (χ0n) is 14.6. The number of likely N-dealkylation sites (N-methyl/N-ethyl adjacent to an activating group) is 1. The topological polar surface area (TPSA) is 96.0 Å². The lowest BCUT2D eigenvalue weighted by Crippen LogP contribution is -2.32. The summed E-state index contributed by atoms with van der Waals surface area (Å²) in [5, 5.41) is 3.11. The first kappa shape index (κ1) is 19.7. The van der Waals surface area contributed by atoms with Gasteiger partial charge in [0.25, 0.3) is 5.91 Å². The lowest BCUT2D eigenvalue weighted by molar-refractivity contribution is -0.147. The van der Waals surface area contributed by atoms with Gasteiger partial charge in [0.15, 0.2) is 6.61 Å². The fourth-order valence-corrected chi connectivity index (χ4v) is 2.58. The van der Waals surface area contributed by atoms with Crippen LogP contribution in [-0.2, 0) is 19.1 Å². The quantitative estimate of drug-likeness (QED) is 0.574. The molecular weight excluding hydrogens is 362 g/mol. The Balaban J connectivity index is 1.70. The van der Waals surface area contributed by atoms with E-state index in [0.29, 0.717) is 10.7 Å². The van der Waals surface area contributed by atoms with Crippen molar-refractivity contribution in [3.05, 3.63) is 28.8 Å². The van der Waals surface area contributed by atoms with Crippen molar-refractivity contribution in [3.8, 4) is 0 Å². The van der Waals surface area contributed by atoms with Gasteiger partial charge in [-0.15, -0.1) is 0 Å². The molecule has 1 aliphatic rings. The Labute approximate surface area is 156 Å². The molecule has 0 saturated carbocycles. The summed E-state index contributed by atoms with van der Waals surface area (Å²) in [4.78, 5) is 49.2. The van der Waals surface area contributed by atoms with Gasteiger partial charge in [0, 0.05) is 30.7 Å². The predicted octanol–water partition coefficient (Wildman–Crippen LogP) is 1.80. The van der Waals surface area contributed by atoms with Crippen molar-refractivity contribution in [2.75, 3.05) is 32.1 Å². The van der Waals surface area contributed by atoms with E-state index in [2.05, 4.69) is 5.32 Å². The highest BCUT2D eigenvalue weighted by atomic mass is 35.5. The monoisotopic (exact) mass is 381 g/mol. The minimum atomic E-state index is -0.574. The maximum absolute atomic E-state index is 11.9. The zero-order chi connectivity index (χ0) is 19.3. The van der Waals surface area contributed by atoms with E-state index in [-0.39, 0.29) is 37.9 Å². The molecule has 26 heavy (non-hydrogen) atoms. The van der Waals surface area contributed by atoms with Gasteiger partial charge < -0.3 is 15.0 Å². The summed E-state index contributed by atoms with van der Waals surface area (Å²) in [6.07, 6.45) is 0.281. The second kappa shape index (κ2) is 8.66. The molecule has 0 radical (unpaired) electrons. The van der Waals surface area contributed by atoms with Crippen molar-refractivity contribution in [1.82, 2.24) is 9.80 Å². The number of hydrogen-bond acceptors (Lipinski definition) is 5. The number of nitrogens with one attached hydrogen (secondary N) is 1. The van der Waals surface area contributed by atoms with Crippen molar-refractivity contribution in [2.24, 2.45) is 0 Å². The Bertz CT molecular complexity index is 737. The van der Waals surface area contributed by atoms with Gasteiger partial charge in [0.05, 0.1) is 0 Å². The number of urea groups is 1. The molecule has 0 unspecified atom stereocenters. The van der Waals surface area contributed by atoms with Crippen LogP contribution in [0.4, 0.5) is 10.5 Å². The minimum Gasteiger partial charge on any atom is -0.456 e. The molecule has 140 valence electrons. The second-order valence-electron chi connectivity index (χ2n) is 5.96. The molecule has 1 aromatic rings. The van der Waals surface area contributed by atoms with Crippen LogP contribution in [-0.4, -0.2) is 60.4 Å². The van der Waals surface area contributed by atoms with Gasteiger partial charge in [-0.1, -0.05) is 17.7 Å². The summed E-state index contributed by atoms with van der Waals surface area (Å²) < 4.78 is 4.90. The molecule has 1 fully saturated rings. The van der Waals surface area contributed by atoms with Crippen LogP contribution in [0.2, 0.25) is 5.02 Å². The van der Waals surface area contributed by atoms with Crippen molar-refractivity contribution < 1.29 is 23.9 Å². The summed E-state index contributed by atoms with van der Waals surface area (Å²) in [6, 6.07) is 4.71. The summed E-state index contributed by atoms with van der Waals surface area (Å²) in [7, 11) is 1.54. The van der Waals surface area contributed by atoms with E-state index in [1.54, 1.807) is 18.2 Å². The van der Waals surface area contributed by atoms with E-state index >= 15 is 0 Å². The van der Waals surface area contributed by atoms with E-state index in [9.17, 15) is 19.2 Å². The van der Waals surface area contributed by atoms with Crippen LogP contribution in [0.25, 0.3) is 0 Å². The number of carbonyl (C=O) groups excluding carboxylic acids is 4. The fraction of sp³-hybridized carbons (Fsp3) is 0.412. The summed E-state index contributed by atoms with van der Waals surface area (Å²) >= 11 is 5.88. The van der Waals surface area contributed by atoms with Crippen molar-refractivity contribution in [3.63, 3.8) is 0 Å². The SMILES string of the molecule is Cc1ccc(Cl)cc1NC(=O)COC(=O)CCCN1C(=O)CN(C)C1=O. The maximum Gasteiger partial charge on any atom is 0.326 e. The van der Waals surface area contributed by atoms with Crippen molar-refractivity contribution in [1.29, 1.82) is 0 Å². The van der Waals surface area contributed by atoms with Gasteiger partial charge in [-0.3, -0.25) is 19.3 Å². The molecule has 0 bridgehead atoms. The molecule has 0 atom stereocenters. The summed E-state index contributed by atoms with van der Waals surface area (Å²) in [5.74, 6) is -1.34. The molecule has 0 aliphatic carbocycles. The van der Waals surface area contributed by atoms with E-state index in [4.69, 9.17) is 16.3 Å². The lowest BCUT2D eigenvalue weighted by atomic mass is 10.2. The van der Waals surface area contributed by atoms with Gasteiger partial charge in [0.2, 0.25) is 5.91 Å². The van der Waals surface area contributed by atoms with Crippen LogP contribution >= 0.6 is 11.6 Å². The summed E-state index contributed by atoms with van der Waals surface area (Å²) in [6.45, 7) is 1.59. The minimum absolute atomic E-state index is 0.00421. The molecule has 1 heterocycles. The second-order valence-corrected chi connectivity index (χ2v) is 6.39. The van der Waals surface area contributed by atoms with Crippen LogP contribution < -0.4 is 5.32 Å². The third-order valence-corrected chi connectivity index (χ3v) is 4.07. The zero-order valence-corrected chi connectivity index (χ0v) is 15.3.